The molecule has 2 fully saturated rings. The van der Waals surface area contributed by atoms with E-state index in [-0.39, 0.29) is 5.41 Å². The van der Waals surface area contributed by atoms with Gasteiger partial charge in [-0.25, -0.2) is 4.85 Å². The van der Waals surface area contributed by atoms with Crippen molar-refractivity contribution in [3.63, 3.8) is 0 Å². The van der Waals surface area contributed by atoms with E-state index in [2.05, 4.69) is 40.7 Å². The summed E-state index contributed by atoms with van der Waals surface area (Å²) >= 11 is 0. The third-order valence-electron chi connectivity index (χ3n) is 6.95. The lowest BCUT2D eigenvalue weighted by atomic mass is 9.59. The monoisotopic (exact) mass is 350 g/mol. The van der Waals surface area contributed by atoms with Crippen molar-refractivity contribution in [2.45, 2.75) is 51.0 Å². The van der Waals surface area contributed by atoms with Gasteiger partial charge in [0.25, 0.3) is 0 Å². The Hall–Kier alpha value is -1.86. The number of nitrogens with zero attached hydrogens (tertiary/aromatic N) is 4. The highest BCUT2D eigenvalue weighted by atomic mass is 15.2. The van der Waals surface area contributed by atoms with Crippen molar-refractivity contribution in [1.29, 1.82) is 0 Å². The Kier molecular flexibility index (Phi) is 4.31. The van der Waals surface area contributed by atoms with E-state index < -0.39 is 0 Å². The van der Waals surface area contributed by atoms with Gasteiger partial charge in [-0.2, -0.15) is 0 Å². The molecule has 1 heterocycles. The van der Waals surface area contributed by atoms with Crippen LogP contribution in [0.25, 0.3) is 4.85 Å². The molecule has 1 unspecified atom stereocenters. The Bertz CT molecular complexity index is 771. The van der Waals surface area contributed by atoms with Crippen molar-refractivity contribution in [2.75, 3.05) is 27.2 Å². The van der Waals surface area contributed by atoms with Crippen LogP contribution in [0.2, 0.25) is 0 Å². The minimum absolute atomic E-state index is 0.182. The molecule has 0 N–H and O–H groups in total. The van der Waals surface area contributed by atoms with Gasteiger partial charge in [-0.15, -0.1) is 0 Å². The lowest BCUT2D eigenvalue weighted by Crippen LogP contribution is -2.58. The van der Waals surface area contributed by atoms with Crippen molar-refractivity contribution in [3.8, 4) is 0 Å². The largest absolute Gasteiger partial charge is 0.369 e. The van der Waals surface area contributed by atoms with Crippen LogP contribution in [-0.4, -0.2) is 49.4 Å². The molecule has 1 aliphatic heterocycles. The Balaban J connectivity index is 1.73. The summed E-state index contributed by atoms with van der Waals surface area (Å²) in [6, 6.07) is 4.97. The molecule has 4 heteroatoms. The SMILES string of the molecule is [C-]#[N+]c1cc2c(cc1N=CN(C)C)CC1[C@H](C)[C@]2(C)CCN1CC1CC1. The van der Waals surface area contributed by atoms with Crippen molar-refractivity contribution >= 4 is 17.7 Å². The van der Waals surface area contributed by atoms with Crippen LogP contribution in [0.5, 0.6) is 0 Å². The summed E-state index contributed by atoms with van der Waals surface area (Å²) in [6.07, 6.45) is 6.93. The molecule has 3 aliphatic rings. The summed E-state index contributed by atoms with van der Waals surface area (Å²) < 4.78 is 0. The molecule has 0 spiro atoms. The van der Waals surface area contributed by atoms with Gasteiger partial charge >= 0.3 is 0 Å². The second-order valence-corrected chi connectivity index (χ2v) is 8.98. The molecule has 2 aliphatic carbocycles. The smallest absolute Gasteiger partial charge is 0.212 e. The first-order chi connectivity index (χ1) is 12.4. The van der Waals surface area contributed by atoms with Crippen LogP contribution in [-0.2, 0) is 11.8 Å². The van der Waals surface area contributed by atoms with Gasteiger partial charge in [-0.1, -0.05) is 19.9 Å². The minimum atomic E-state index is 0.182. The van der Waals surface area contributed by atoms with Gasteiger partial charge in [0.15, 0.2) is 0 Å². The van der Waals surface area contributed by atoms with Crippen LogP contribution in [0.15, 0.2) is 17.1 Å². The molecule has 1 saturated heterocycles. The number of hydrogen-bond donors (Lipinski definition) is 0. The average molecular weight is 351 g/mol. The third-order valence-corrected chi connectivity index (χ3v) is 6.95. The quantitative estimate of drug-likeness (QED) is 0.457. The minimum Gasteiger partial charge on any atom is -0.369 e. The van der Waals surface area contributed by atoms with Gasteiger partial charge in [-0.3, -0.25) is 9.89 Å². The number of hydrogen-bond acceptors (Lipinski definition) is 2. The zero-order chi connectivity index (χ0) is 18.5. The van der Waals surface area contributed by atoms with Gasteiger partial charge in [0, 0.05) is 26.7 Å². The highest BCUT2D eigenvalue weighted by Crippen LogP contribution is 2.51. The number of fused-ring (bicyclic) bond motifs is 4. The Morgan fingerprint density at radius 1 is 1.38 bits per heavy atom. The van der Waals surface area contributed by atoms with E-state index in [1.807, 2.05) is 19.0 Å². The predicted octanol–water partition coefficient (Wildman–Crippen LogP) is 4.39. The van der Waals surface area contributed by atoms with Crippen molar-refractivity contribution < 1.29 is 0 Å². The summed E-state index contributed by atoms with van der Waals surface area (Å²) in [6.45, 7) is 15.0. The molecular weight excluding hydrogens is 320 g/mol. The average Bonchev–Trinajstić information content (AvgIpc) is 3.42. The Labute approximate surface area is 157 Å². The maximum atomic E-state index is 7.62. The number of aliphatic imine (C=N–C) groups is 1. The van der Waals surface area contributed by atoms with E-state index >= 15 is 0 Å². The Morgan fingerprint density at radius 3 is 2.81 bits per heavy atom. The van der Waals surface area contributed by atoms with E-state index in [1.54, 1.807) is 6.34 Å². The molecule has 2 bridgehead atoms. The van der Waals surface area contributed by atoms with E-state index in [0.717, 1.165) is 18.0 Å². The first-order valence-corrected chi connectivity index (χ1v) is 9.92. The molecule has 1 aromatic rings. The number of rotatable bonds is 4. The fourth-order valence-corrected chi connectivity index (χ4v) is 4.97. The van der Waals surface area contributed by atoms with Gasteiger partial charge in [0.2, 0.25) is 5.69 Å². The molecule has 4 rings (SSSR count). The zero-order valence-corrected chi connectivity index (χ0v) is 16.5. The zero-order valence-electron chi connectivity index (χ0n) is 16.5. The molecule has 138 valence electrons. The molecule has 0 aromatic heterocycles. The lowest BCUT2D eigenvalue weighted by Gasteiger charge is -2.55. The Morgan fingerprint density at radius 2 is 2.15 bits per heavy atom. The molecule has 26 heavy (non-hydrogen) atoms. The number of piperidine rings is 1. The van der Waals surface area contributed by atoms with Gasteiger partial charge in [0.1, 0.15) is 0 Å². The van der Waals surface area contributed by atoms with Crippen molar-refractivity contribution in [2.24, 2.45) is 16.8 Å². The van der Waals surface area contributed by atoms with Crippen molar-refractivity contribution in [1.82, 2.24) is 9.80 Å². The fourth-order valence-electron chi connectivity index (χ4n) is 4.97. The summed E-state index contributed by atoms with van der Waals surface area (Å²) in [4.78, 5) is 13.0. The van der Waals surface area contributed by atoms with Crippen LogP contribution in [0, 0.1) is 18.4 Å². The van der Waals surface area contributed by atoms with E-state index in [0.29, 0.717) is 17.6 Å². The highest BCUT2D eigenvalue weighted by molar-refractivity contribution is 5.74. The molecule has 1 aromatic carbocycles. The second-order valence-electron chi connectivity index (χ2n) is 8.98. The normalized spacial score (nSPS) is 30.9. The van der Waals surface area contributed by atoms with E-state index in [1.165, 1.54) is 43.5 Å². The summed E-state index contributed by atoms with van der Waals surface area (Å²) in [5.74, 6) is 1.58. The third kappa shape index (κ3) is 2.93. The molecule has 1 saturated carbocycles. The van der Waals surface area contributed by atoms with Crippen LogP contribution >= 0.6 is 0 Å². The van der Waals surface area contributed by atoms with Crippen LogP contribution < -0.4 is 0 Å². The van der Waals surface area contributed by atoms with Gasteiger partial charge < -0.3 is 4.90 Å². The highest BCUT2D eigenvalue weighted by Gasteiger charge is 2.49. The summed E-state index contributed by atoms with van der Waals surface area (Å²) in [5, 5.41) is 0. The van der Waals surface area contributed by atoms with Crippen LogP contribution in [0.3, 0.4) is 0 Å². The van der Waals surface area contributed by atoms with Gasteiger partial charge in [-0.05, 0) is 66.7 Å². The topological polar surface area (TPSA) is 23.2 Å². The van der Waals surface area contributed by atoms with Gasteiger partial charge in [0.05, 0.1) is 18.6 Å². The lowest BCUT2D eigenvalue weighted by molar-refractivity contribution is 0.0285. The first kappa shape index (κ1) is 17.5. The van der Waals surface area contributed by atoms with E-state index in [4.69, 9.17) is 6.57 Å². The molecular formula is C22H30N4. The number of benzene rings is 1. The van der Waals surface area contributed by atoms with Crippen LogP contribution in [0.4, 0.5) is 11.4 Å². The maximum absolute atomic E-state index is 7.62. The van der Waals surface area contributed by atoms with E-state index in [9.17, 15) is 0 Å². The van der Waals surface area contributed by atoms with Crippen molar-refractivity contribution in [3.05, 3.63) is 34.7 Å². The maximum Gasteiger partial charge on any atom is 0.212 e. The summed E-state index contributed by atoms with van der Waals surface area (Å²) in [5.41, 5.74) is 4.50. The summed E-state index contributed by atoms with van der Waals surface area (Å²) in [7, 11) is 3.92. The number of likely N-dealkylation sites (tertiary alicyclic amines) is 1. The predicted molar refractivity (Wildman–Crippen MR) is 107 cm³/mol. The molecule has 4 nitrogen and oxygen atoms in total. The molecule has 0 amide bonds. The molecule has 3 atom stereocenters. The second kappa shape index (κ2) is 6.39. The molecule has 0 radical (unpaired) electrons. The fraction of sp³-hybridized carbons (Fsp3) is 0.636. The van der Waals surface area contributed by atoms with Crippen LogP contribution in [0.1, 0.15) is 44.2 Å². The standard InChI is InChI=1S/C22H30N4/c1-15-21-11-17-10-20(24-14-25(4)5)19(23-3)12-18(17)22(15,2)8-9-26(21)13-16-6-7-16/h10,12,14-16,21H,6-9,11,13H2,1-2,4-5H3/t15-,21?,22-/m0/s1. The first-order valence-electron chi connectivity index (χ1n) is 9.92.